The molecule has 1 N–H and O–H groups in total. The van der Waals surface area contributed by atoms with Crippen LogP contribution in [0.5, 0.6) is 0 Å². The largest absolute Gasteiger partial charge is 0.343 e. The number of rotatable bonds is 5. The first kappa shape index (κ1) is 9.52. The Balaban J connectivity index is 1.94. The van der Waals surface area contributed by atoms with Crippen LogP contribution < -0.4 is 5.32 Å². The van der Waals surface area contributed by atoms with Crippen molar-refractivity contribution in [1.82, 2.24) is 10.2 Å². The molecule has 1 aliphatic rings. The lowest BCUT2D eigenvalue weighted by molar-refractivity contribution is -0.134. The van der Waals surface area contributed by atoms with Crippen molar-refractivity contribution in [3.8, 4) is 0 Å². The number of hydrogen-bond donors (Lipinski definition) is 1. The van der Waals surface area contributed by atoms with Crippen molar-refractivity contribution in [3.63, 3.8) is 0 Å². The number of hydrogen-bond acceptors (Lipinski definition) is 2. The molecule has 1 rings (SSSR count). The highest BCUT2D eigenvalue weighted by Crippen LogP contribution is 2.06. The zero-order chi connectivity index (χ0) is 8.81. The quantitative estimate of drug-likeness (QED) is 0.613. The van der Waals surface area contributed by atoms with E-state index >= 15 is 0 Å². The molecule has 0 bridgehead atoms. The minimum absolute atomic E-state index is 0.310. The van der Waals surface area contributed by atoms with E-state index in [-0.39, 0.29) is 0 Å². The highest BCUT2D eigenvalue weighted by molar-refractivity contribution is 5.77. The van der Waals surface area contributed by atoms with Gasteiger partial charge in [0.05, 0.1) is 0 Å². The fourth-order valence-electron chi connectivity index (χ4n) is 1.22. The Morgan fingerprint density at radius 1 is 1.42 bits per heavy atom. The van der Waals surface area contributed by atoms with Gasteiger partial charge in [-0.05, 0) is 19.4 Å². The SMILES string of the molecule is CCCNCCC(=O)N1CCC1. The maximum atomic E-state index is 11.3. The average Bonchev–Trinajstić information content (AvgIpc) is 1.95. The second-order valence-corrected chi connectivity index (χ2v) is 3.23. The molecule has 0 aliphatic carbocycles. The maximum absolute atomic E-state index is 11.3. The molecule has 1 amide bonds. The van der Waals surface area contributed by atoms with Crippen LogP contribution in [-0.2, 0) is 4.79 Å². The summed E-state index contributed by atoms with van der Waals surface area (Å²) in [5.74, 6) is 0.310. The van der Waals surface area contributed by atoms with Crippen molar-refractivity contribution in [2.24, 2.45) is 0 Å². The van der Waals surface area contributed by atoms with Crippen LogP contribution in [0.2, 0.25) is 0 Å². The molecule has 3 nitrogen and oxygen atoms in total. The molecule has 0 saturated carbocycles. The molecule has 3 heteroatoms. The van der Waals surface area contributed by atoms with Gasteiger partial charge in [0, 0.05) is 26.1 Å². The van der Waals surface area contributed by atoms with E-state index in [0.29, 0.717) is 12.3 Å². The van der Waals surface area contributed by atoms with Gasteiger partial charge in [-0.15, -0.1) is 0 Å². The number of carbonyl (C=O) groups excluding carboxylic acids is 1. The van der Waals surface area contributed by atoms with E-state index in [4.69, 9.17) is 0 Å². The molecule has 70 valence electrons. The fourth-order valence-corrected chi connectivity index (χ4v) is 1.22. The Bertz CT molecular complexity index is 143. The summed E-state index contributed by atoms with van der Waals surface area (Å²) in [6.45, 7) is 5.94. The minimum atomic E-state index is 0.310. The monoisotopic (exact) mass is 170 g/mol. The number of likely N-dealkylation sites (tertiary alicyclic amines) is 1. The summed E-state index contributed by atoms with van der Waals surface area (Å²) < 4.78 is 0. The third kappa shape index (κ3) is 2.81. The van der Waals surface area contributed by atoms with Gasteiger partial charge in [0.2, 0.25) is 5.91 Å². The molecule has 1 heterocycles. The normalized spacial score (nSPS) is 15.9. The van der Waals surface area contributed by atoms with Crippen LogP contribution in [0.3, 0.4) is 0 Å². The molecule has 1 saturated heterocycles. The summed E-state index contributed by atoms with van der Waals surface area (Å²) in [4.78, 5) is 13.2. The van der Waals surface area contributed by atoms with Crippen molar-refractivity contribution in [2.75, 3.05) is 26.2 Å². The molecule has 0 unspecified atom stereocenters. The third-order valence-electron chi connectivity index (χ3n) is 2.15. The minimum Gasteiger partial charge on any atom is -0.343 e. The lowest BCUT2D eigenvalue weighted by Gasteiger charge is -2.30. The van der Waals surface area contributed by atoms with Gasteiger partial charge in [0.1, 0.15) is 0 Å². The Labute approximate surface area is 74.1 Å². The van der Waals surface area contributed by atoms with E-state index in [1.165, 1.54) is 6.42 Å². The summed E-state index contributed by atoms with van der Waals surface area (Å²) in [5.41, 5.74) is 0. The molecule has 0 aromatic rings. The second kappa shape index (κ2) is 5.14. The predicted octanol–water partition coefficient (Wildman–Crippen LogP) is 0.608. The second-order valence-electron chi connectivity index (χ2n) is 3.23. The lowest BCUT2D eigenvalue weighted by Crippen LogP contribution is -2.43. The van der Waals surface area contributed by atoms with Crippen molar-refractivity contribution in [2.45, 2.75) is 26.2 Å². The van der Waals surface area contributed by atoms with E-state index in [0.717, 1.165) is 32.6 Å². The summed E-state index contributed by atoms with van der Waals surface area (Å²) >= 11 is 0. The first-order valence-corrected chi connectivity index (χ1v) is 4.83. The van der Waals surface area contributed by atoms with Gasteiger partial charge < -0.3 is 10.2 Å². The first-order valence-electron chi connectivity index (χ1n) is 4.83. The van der Waals surface area contributed by atoms with Crippen LogP contribution in [0.4, 0.5) is 0 Å². The van der Waals surface area contributed by atoms with E-state index in [9.17, 15) is 4.79 Å². The van der Waals surface area contributed by atoms with Gasteiger partial charge in [-0.25, -0.2) is 0 Å². The van der Waals surface area contributed by atoms with E-state index < -0.39 is 0 Å². The van der Waals surface area contributed by atoms with Crippen molar-refractivity contribution >= 4 is 5.91 Å². The molecule has 0 atom stereocenters. The zero-order valence-electron chi connectivity index (χ0n) is 7.81. The molecular weight excluding hydrogens is 152 g/mol. The third-order valence-corrected chi connectivity index (χ3v) is 2.15. The van der Waals surface area contributed by atoms with Gasteiger partial charge in [-0.2, -0.15) is 0 Å². The maximum Gasteiger partial charge on any atom is 0.223 e. The Kier molecular flexibility index (Phi) is 4.08. The molecule has 0 spiro atoms. The van der Waals surface area contributed by atoms with Crippen LogP contribution in [-0.4, -0.2) is 37.0 Å². The average molecular weight is 170 g/mol. The van der Waals surface area contributed by atoms with E-state index in [1.54, 1.807) is 0 Å². The van der Waals surface area contributed by atoms with Crippen LogP contribution in [0.1, 0.15) is 26.2 Å². The Morgan fingerprint density at radius 2 is 2.17 bits per heavy atom. The van der Waals surface area contributed by atoms with Crippen LogP contribution >= 0.6 is 0 Å². The Hall–Kier alpha value is -0.570. The van der Waals surface area contributed by atoms with Crippen LogP contribution in [0, 0.1) is 0 Å². The number of nitrogens with zero attached hydrogens (tertiary/aromatic N) is 1. The van der Waals surface area contributed by atoms with Gasteiger partial charge in [0.25, 0.3) is 0 Å². The molecule has 0 aromatic carbocycles. The molecule has 12 heavy (non-hydrogen) atoms. The zero-order valence-corrected chi connectivity index (χ0v) is 7.81. The standard InChI is InChI=1S/C9H18N2O/c1-2-5-10-6-4-9(12)11-7-3-8-11/h10H,2-8H2,1H3. The predicted molar refractivity (Wildman–Crippen MR) is 49.0 cm³/mol. The summed E-state index contributed by atoms with van der Waals surface area (Å²) in [5, 5.41) is 3.22. The summed E-state index contributed by atoms with van der Waals surface area (Å²) in [7, 11) is 0. The van der Waals surface area contributed by atoms with Gasteiger partial charge >= 0.3 is 0 Å². The van der Waals surface area contributed by atoms with Gasteiger partial charge in [0.15, 0.2) is 0 Å². The van der Waals surface area contributed by atoms with Crippen LogP contribution in [0.15, 0.2) is 0 Å². The van der Waals surface area contributed by atoms with E-state index in [2.05, 4.69) is 12.2 Å². The summed E-state index contributed by atoms with van der Waals surface area (Å²) in [6.07, 6.45) is 2.99. The number of nitrogens with one attached hydrogen (secondary N) is 1. The molecule has 1 aliphatic heterocycles. The highest BCUT2D eigenvalue weighted by Gasteiger charge is 2.18. The molecule has 1 fully saturated rings. The van der Waals surface area contributed by atoms with E-state index in [1.807, 2.05) is 4.90 Å². The van der Waals surface area contributed by atoms with Crippen molar-refractivity contribution in [1.29, 1.82) is 0 Å². The van der Waals surface area contributed by atoms with Crippen molar-refractivity contribution < 1.29 is 4.79 Å². The smallest absolute Gasteiger partial charge is 0.223 e. The van der Waals surface area contributed by atoms with Gasteiger partial charge in [-0.1, -0.05) is 6.92 Å². The molecule has 0 aromatic heterocycles. The number of carbonyl (C=O) groups is 1. The molecular formula is C9H18N2O. The fraction of sp³-hybridized carbons (Fsp3) is 0.889. The Morgan fingerprint density at radius 3 is 2.67 bits per heavy atom. The lowest BCUT2D eigenvalue weighted by atomic mass is 10.2. The first-order chi connectivity index (χ1) is 5.84. The molecule has 0 radical (unpaired) electrons. The summed E-state index contributed by atoms with van der Waals surface area (Å²) in [6, 6.07) is 0. The topological polar surface area (TPSA) is 32.3 Å². The van der Waals surface area contributed by atoms with Crippen LogP contribution in [0.25, 0.3) is 0 Å². The van der Waals surface area contributed by atoms with Gasteiger partial charge in [-0.3, -0.25) is 4.79 Å². The number of amides is 1. The van der Waals surface area contributed by atoms with Crippen molar-refractivity contribution in [3.05, 3.63) is 0 Å². The highest BCUT2D eigenvalue weighted by atomic mass is 16.2.